The van der Waals surface area contributed by atoms with Crippen molar-refractivity contribution in [1.82, 2.24) is 0 Å². The predicted molar refractivity (Wildman–Crippen MR) is 64.3 cm³/mol. The van der Waals surface area contributed by atoms with Gasteiger partial charge in [-0.2, -0.15) is 0 Å². The van der Waals surface area contributed by atoms with Crippen LogP contribution in [0.5, 0.6) is 0 Å². The number of aryl methyl sites for hydroxylation is 2. The molecule has 0 saturated heterocycles. The summed E-state index contributed by atoms with van der Waals surface area (Å²) in [5, 5.41) is 10.2. The summed E-state index contributed by atoms with van der Waals surface area (Å²) in [5.74, 6) is -0.312. The summed E-state index contributed by atoms with van der Waals surface area (Å²) < 4.78 is 13.1. The molecule has 1 unspecified atom stereocenters. The largest absolute Gasteiger partial charge is 0.383 e. The molecular weight excluding hydrogens is 223 g/mol. The van der Waals surface area contributed by atoms with Crippen LogP contribution in [0, 0.1) is 19.7 Å². The third-order valence-electron chi connectivity index (χ3n) is 2.57. The topological polar surface area (TPSA) is 20.2 Å². The van der Waals surface area contributed by atoms with Gasteiger partial charge in [-0.25, -0.2) is 4.39 Å². The molecule has 0 aliphatic rings. The van der Waals surface area contributed by atoms with Crippen molar-refractivity contribution in [2.24, 2.45) is 0 Å². The van der Waals surface area contributed by atoms with Gasteiger partial charge in [-0.05, 0) is 49.2 Å². The molecule has 84 valence electrons. The van der Waals surface area contributed by atoms with E-state index in [1.807, 2.05) is 26.0 Å². The Bertz CT molecular complexity index is 504. The molecule has 1 heterocycles. The van der Waals surface area contributed by atoms with Gasteiger partial charge in [0.25, 0.3) is 0 Å². The highest BCUT2D eigenvalue weighted by Crippen LogP contribution is 2.30. The Kier molecular flexibility index (Phi) is 3.08. The summed E-state index contributed by atoms with van der Waals surface area (Å²) in [7, 11) is 0. The lowest BCUT2D eigenvalue weighted by Crippen LogP contribution is -2.00. The van der Waals surface area contributed by atoms with Crippen LogP contribution in [-0.4, -0.2) is 5.11 Å². The van der Waals surface area contributed by atoms with E-state index < -0.39 is 6.10 Å². The molecule has 1 aromatic heterocycles. The highest BCUT2D eigenvalue weighted by atomic mass is 32.1. The number of thiophene rings is 1. The van der Waals surface area contributed by atoms with E-state index in [0.29, 0.717) is 5.56 Å². The van der Waals surface area contributed by atoms with Crippen molar-refractivity contribution in [1.29, 1.82) is 0 Å². The molecule has 3 heteroatoms. The Morgan fingerprint density at radius 2 is 1.94 bits per heavy atom. The Hall–Kier alpha value is -1.19. The van der Waals surface area contributed by atoms with Crippen molar-refractivity contribution < 1.29 is 9.50 Å². The molecule has 2 rings (SSSR count). The van der Waals surface area contributed by atoms with E-state index in [9.17, 15) is 9.50 Å². The fourth-order valence-corrected chi connectivity index (χ4v) is 2.54. The molecule has 0 radical (unpaired) electrons. The zero-order chi connectivity index (χ0) is 11.7. The molecular formula is C13H13FOS. The second-order valence-corrected chi connectivity index (χ2v) is 5.17. The lowest BCUT2D eigenvalue weighted by atomic mass is 10.0. The molecule has 1 aromatic carbocycles. The Morgan fingerprint density at radius 1 is 1.19 bits per heavy atom. The smallest absolute Gasteiger partial charge is 0.123 e. The van der Waals surface area contributed by atoms with Crippen LogP contribution in [0.4, 0.5) is 4.39 Å². The van der Waals surface area contributed by atoms with Crippen LogP contribution >= 0.6 is 11.3 Å². The quantitative estimate of drug-likeness (QED) is 0.845. The number of rotatable bonds is 2. The first-order valence-electron chi connectivity index (χ1n) is 5.08. The van der Waals surface area contributed by atoms with E-state index in [1.165, 1.54) is 23.5 Å². The number of hydrogen-bond donors (Lipinski definition) is 1. The van der Waals surface area contributed by atoms with E-state index in [1.54, 1.807) is 6.07 Å². The minimum atomic E-state index is -0.727. The molecule has 0 aliphatic heterocycles. The summed E-state index contributed by atoms with van der Waals surface area (Å²) >= 11 is 1.53. The number of aliphatic hydroxyl groups excluding tert-OH is 1. The Labute approximate surface area is 98.2 Å². The Balaban J connectivity index is 2.40. The third kappa shape index (κ3) is 2.15. The van der Waals surface area contributed by atoms with Crippen LogP contribution in [-0.2, 0) is 0 Å². The molecule has 0 amide bonds. The number of aliphatic hydroxyl groups is 1. The maximum Gasteiger partial charge on any atom is 0.123 e. The highest BCUT2D eigenvalue weighted by Gasteiger charge is 2.15. The lowest BCUT2D eigenvalue weighted by molar-refractivity contribution is 0.223. The van der Waals surface area contributed by atoms with Gasteiger partial charge in [0.1, 0.15) is 11.9 Å². The molecule has 1 N–H and O–H groups in total. The van der Waals surface area contributed by atoms with Gasteiger partial charge < -0.3 is 5.11 Å². The summed E-state index contributed by atoms with van der Waals surface area (Å²) in [4.78, 5) is 1.99. The number of benzene rings is 1. The lowest BCUT2D eigenvalue weighted by Gasteiger charge is -2.12. The fraction of sp³-hybridized carbons (Fsp3) is 0.231. The first kappa shape index (κ1) is 11.3. The molecule has 0 aliphatic carbocycles. The standard InChI is InChI=1S/C13H13FOS/c1-8-3-5-10(14)7-11(8)13(15)12-6-4-9(2)16-12/h3-7,13,15H,1-2H3. The van der Waals surface area contributed by atoms with Gasteiger partial charge in [-0.3, -0.25) is 0 Å². The molecule has 0 saturated carbocycles. The van der Waals surface area contributed by atoms with E-state index >= 15 is 0 Å². The van der Waals surface area contributed by atoms with Crippen molar-refractivity contribution in [2.45, 2.75) is 20.0 Å². The minimum Gasteiger partial charge on any atom is -0.383 e. The summed E-state index contributed by atoms with van der Waals surface area (Å²) in [6.45, 7) is 3.86. The van der Waals surface area contributed by atoms with Crippen LogP contribution in [0.25, 0.3) is 0 Å². The first-order chi connectivity index (χ1) is 7.58. The molecule has 0 bridgehead atoms. The van der Waals surface area contributed by atoms with Crippen molar-refractivity contribution >= 4 is 11.3 Å². The normalized spacial score (nSPS) is 12.8. The fourth-order valence-electron chi connectivity index (χ4n) is 1.66. The van der Waals surface area contributed by atoms with Gasteiger partial charge in [0.15, 0.2) is 0 Å². The number of hydrogen-bond acceptors (Lipinski definition) is 2. The van der Waals surface area contributed by atoms with E-state index in [4.69, 9.17) is 0 Å². The average molecular weight is 236 g/mol. The second kappa shape index (κ2) is 4.36. The molecule has 1 atom stereocenters. The van der Waals surface area contributed by atoms with Gasteiger partial charge in [0.2, 0.25) is 0 Å². The summed E-state index contributed by atoms with van der Waals surface area (Å²) in [5.41, 5.74) is 1.54. The van der Waals surface area contributed by atoms with Crippen LogP contribution in [0.1, 0.15) is 27.0 Å². The van der Waals surface area contributed by atoms with Crippen LogP contribution in [0.15, 0.2) is 30.3 Å². The number of halogens is 1. The van der Waals surface area contributed by atoms with E-state index in [2.05, 4.69) is 0 Å². The first-order valence-corrected chi connectivity index (χ1v) is 5.90. The van der Waals surface area contributed by atoms with Gasteiger partial charge in [-0.1, -0.05) is 6.07 Å². The molecule has 0 fully saturated rings. The maximum absolute atomic E-state index is 13.1. The summed E-state index contributed by atoms with van der Waals surface area (Å²) in [6, 6.07) is 8.33. The summed E-state index contributed by atoms with van der Waals surface area (Å²) in [6.07, 6.45) is -0.727. The SMILES string of the molecule is Cc1ccc(C(O)c2cc(F)ccc2C)s1. The monoisotopic (exact) mass is 236 g/mol. The van der Waals surface area contributed by atoms with Gasteiger partial charge >= 0.3 is 0 Å². The van der Waals surface area contributed by atoms with Crippen LogP contribution < -0.4 is 0 Å². The molecule has 2 aromatic rings. The highest BCUT2D eigenvalue weighted by molar-refractivity contribution is 7.12. The van der Waals surface area contributed by atoms with Crippen LogP contribution in [0.2, 0.25) is 0 Å². The third-order valence-corrected chi connectivity index (χ3v) is 3.62. The van der Waals surface area contributed by atoms with Crippen molar-refractivity contribution in [3.8, 4) is 0 Å². The minimum absolute atomic E-state index is 0.312. The molecule has 16 heavy (non-hydrogen) atoms. The average Bonchev–Trinajstić information content (AvgIpc) is 2.67. The van der Waals surface area contributed by atoms with Crippen LogP contribution in [0.3, 0.4) is 0 Å². The Morgan fingerprint density at radius 3 is 2.56 bits per heavy atom. The van der Waals surface area contributed by atoms with E-state index in [0.717, 1.165) is 15.3 Å². The zero-order valence-electron chi connectivity index (χ0n) is 9.20. The molecule has 1 nitrogen and oxygen atoms in total. The molecule has 0 spiro atoms. The van der Waals surface area contributed by atoms with Crippen molar-refractivity contribution in [2.75, 3.05) is 0 Å². The van der Waals surface area contributed by atoms with Gasteiger partial charge in [0, 0.05) is 9.75 Å². The zero-order valence-corrected chi connectivity index (χ0v) is 10.0. The van der Waals surface area contributed by atoms with Gasteiger partial charge in [0.05, 0.1) is 0 Å². The maximum atomic E-state index is 13.1. The predicted octanol–water partition coefficient (Wildman–Crippen LogP) is 3.59. The van der Waals surface area contributed by atoms with Crippen molar-refractivity contribution in [3.05, 3.63) is 57.0 Å². The second-order valence-electron chi connectivity index (χ2n) is 3.85. The van der Waals surface area contributed by atoms with Crippen molar-refractivity contribution in [3.63, 3.8) is 0 Å². The van der Waals surface area contributed by atoms with E-state index in [-0.39, 0.29) is 5.82 Å². The van der Waals surface area contributed by atoms with Gasteiger partial charge in [-0.15, -0.1) is 11.3 Å².